The Hall–Kier alpha value is -1.54. The van der Waals surface area contributed by atoms with Crippen LogP contribution < -0.4 is 10.1 Å². The van der Waals surface area contributed by atoms with Crippen molar-refractivity contribution in [3.63, 3.8) is 0 Å². The number of nitrogens with zero attached hydrogens (tertiary/aromatic N) is 1. The predicted octanol–water partition coefficient (Wildman–Crippen LogP) is 3.17. The second-order valence-corrected chi connectivity index (χ2v) is 4.52. The van der Waals surface area contributed by atoms with Crippen LogP contribution in [0.4, 0.5) is 18.9 Å². The van der Waals surface area contributed by atoms with Gasteiger partial charge in [-0.3, -0.25) is 10.1 Å². The summed E-state index contributed by atoms with van der Waals surface area (Å²) < 4.78 is 43.1. The first-order valence-corrected chi connectivity index (χ1v) is 6.11. The number of alkyl halides is 3. The van der Waals surface area contributed by atoms with Crippen molar-refractivity contribution in [2.75, 3.05) is 13.1 Å². The molecule has 0 aromatic heterocycles. The van der Waals surface area contributed by atoms with E-state index in [0.29, 0.717) is 19.0 Å². The summed E-state index contributed by atoms with van der Waals surface area (Å²) in [6.07, 6.45) is -3.31. The van der Waals surface area contributed by atoms with E-state index in [4.69, 9.17) is 4.74 Å². The minimum atomic E-state index is -4.62. The fourth-order valence-corrected chi connectivity index (χ4v) is 2.04. The van der Waals surface area contributed by atoms with E-state index in [-0.39, 0.29) is 24.3 Å². The Morgan fingerprint density at radius 3 is 2.62 bits per heavy atom. The molecular weight excluding hydrogens is 313 g/mol. The largest absolute Gasteiger partial charge is 0.482 e. The molecule has 1 atom stereocenters. The van der Waals surface area contributed by atoms with Gasteiger partial charge >= 0.3 is 11.9 Å². The lowest BCUT2D eigenvalue weighted by Gasteiger charge is -2.23. The van der Waals surface area contributed by atoms with E-state index in [1.165, 1.54) is 0 Å². The van der Waals surface area contributed by atoms with Gasteiger partial charge in [-0.25, -0.2) is 0 Å². The topological polar surface area (TPSA) is 64.4 Å². The van der Waals surface area contributed by atoms with Crippen molar-refractivity contribution in [1.82, 2.24) is 5.32 Å². The van der Waals surface area contributed by atoms with Crippen molar-refractivity contribution in [3.8, 4) is 5.75 Å². The van der Waals surface area contributed by atoms with E-state index in [9.17, 15) is 23.3 Å². The number of ether oxygens (including phenoxy) is 1. The van der Waals surface area contributed by atoms with E-state index >= 15 is 0 Å². The van der Waals surface area contributed by atoms with Gasteiger partial charge in [0.1, 0.15) is 6.10 Å². The number of hydrogen-bond donors (Lipinski definition) is 1. The average Bonchev–Trinajstić information content (AvgIpc) is 2.38. The van der Waals surface area contributed by atoms with Crippen LogP contribution >= 0.6 is 12.4 Å². The number of halogens is 4. The first kappa shape index (κ1) is 17.5. The van der Waals surface area contributed by atoms with Gasteiger partial charge in [0.15, 0.2) is 5.75 Å². The van der Waals surface area contributed by atoms with Crippen LogP contribution in [-0.4, -0.2) is 24.1 Å². The molecule has 0 radical (unpaired) electrons. The second kappa shape index (κ2) is 6.95. The summed E-state index contributed by atoms with van der Waals surface area (Å²) in [7, 11) is 0. The Balaban J connectivity index is 0.00000220. The summed E-state index contributed by atoms with van der Waals surface area (Å²) >= 11 is 0. The normalized spacial score (nSPS) is 18.7. The molecule has 1 heterocycles. The van der Waals surface area contributed by atoms with Gasteiger partial charge in [-0.2, -0.15) is 13.2 Å². The summed E-state index contributed by atoms with van der Waals surface area (Å²) in [6, 6.07) is 2.31. The zero-order chi connectivity index (χ0) is 14.8. The third kappa shape index (κ3) is 4.47. The Morgan fingerprint density at radius 2 is 2.10 bits per heavy atom. The average molecular weight is 327 g/mol. The lowest BCUT2D eigenvalue weighted by Crippen LogP contribution is -2.37. The van der Waals surface area contributed by atoms with E-state index in [0.717, 1.165) is 25.1 Å². The van der Waals surface area contributed by atoms with Crippen LogP contribution in [0.3, 0.4) is 0 Å². The highest BCUT2D eigenvalue weighted by Gasteiger charge is 2.33. The molecule has 1 unspecified atom stereocenters. The molecule has 2 rings (SSSR count). The molecule has 0 amide bonds. The van der Waals surface area contributed by atoms with Gasteiger partial charge in [0.2, 0.25) is 0 Å². The Labute approximate surface area is 125 Å². The van der Waals surface area contributed by atoms with Gasteiger partial charge in [-0.15, -0.1) is 12.4 Å². The highest BCUT2D eigenvalue weighted by molar-refractivity contribution is 5.85. The van der Waals surface area contributed by atoms with Gasteiger partial charge in [0, 0.05) is 12.6 Å². The fraction of sp³-hybridized carbons (Fsp3) is 0.500. The molecule has 1 aromatic rings. The number of piperidine rings is 1. The number of nitro groups is 1. The van der Waals surface area contributed by atoms with Gasteiger partial charge in [-0.05, 0) is 31.5 Å². The van der Waals surface area contributed by atoms with Crippen molar-refractivity contribution in [1.29, 1.82) is 0 Å². The zero-order valence-electron chi connectivity index (χ0n) is 10.9. The number of hydrogen-bond acceptors (Lipinski definition) is 4. The Morgan fingerprint density at radius 1 is 1.38 bits per heavy atom. The van der Waals surface area contributed by atoms with E-state index < -0.39 is 22.4 Å². The second-order valence-electron chi connectivity index (χ2n) is 4.52. The predicted molar refractivity (Wildman–Crippen MR) is 71.9 cm³/mol. The summed E-state index contributed by atoms with van der Waals surface area (Å²) in [5.74, 6) is -0.128. The van der Waals surface area contributed by atoms with Crippen LogP contribution in [0, 0.1) is 10.1 Å². The molecule has 1 aromatic carbocycles. The summed E-state index contributed by atoms with van der Waals surface area (Å²) in [5, 5.41) is 13.9. The van der Waals surface area contributed by atoms with Gasteiger partial charge in [-0.1, -0.05) is 0 Å². The monoisotopic (exact) mass is 326 g/mol. The molecule has 1 fully saturated rings. The highest BCUT2D eigenvalue weighted by Crippen LogP contribution is 2.36. The maximum atomic E-state index is 12.5. The molecular formula is C12H14ClF3N2O3. The summed E-state index contributed by atoms with van der Waals surface area (Å²) in [6.45, 7) is 1.37. The van der Waals surface area contributed by atoms with E-state index in [1.54, 1.807) is 0 Å². The molecule has 0 bridgehead atoms. The SMILES string of the molecule is Cl.O=[N+]([O-])c1cc(C(F)(F)F)ccc1OC1CCCNC1. The van der Waals surface area contributed by atoms with E-state index in [2.05, 4.69) is 5.32 Å². The standard InChI is InChI=1S/C12H13F3N2O3.ClH/c13-12(14,15)8-3-4-11(10(6-8)17(18)19)20-9-2-1-5-16-7-9;/h3-4,6,9,16H,1-2,5,7H2;1H. The molecule has 1 aliphatic heterocycles. The van der Waals surface area contributed by atoms with Gasteiger partial charge < -0.3 is 10.1 Å². The Kier molecular flexibility index (Phi) is 5.79. The fourth-order valence-electron chi connectivity index (χ4n) is 2.04. The maximum Gasteiger partial charge on any atom is 0.416 e. The molecule has 0 saturated carbocycles. The molecule has 0 spiro atoms. The molecule has 118 valence electrons. The molecule has 0 aliphatic carbocycles. The number of rotatable bonds is 3. The molecule has 1 N–H and O–H groups in total. The first-order valence-electron chi connectivity index (χ1n) is 6.11. The van der Waals surface area contributed by atoms with Crippen molar-refractivity contribution < 1.29 is 22.8 Å². The number of nitrogens with one attached hydrogen (secondary N) is 1. The molecule has 1 saturated heterocycles. The number of benzene rings is 1. The smallest absolute Gasteiger partial charge is 0.416 e. The van der Waals surface area contributed by atoms with Crippen molar-refractivity contribution >= 4 is 18.1 Å². The third-order valence-electron chi connectivity index (χ3n) is 3.03. The Bertz CT molecular complexity index is 505. The highest BCUT2D eigenvalue weighted by atomic mass is 35.5. The lowest BCUT2D eigenvalue weighted by atomic mass is 10.1. The van der Waals surface area contributed by atoms with Crippen LogP contribution in [0.1, 0.15) is 18.4 Å². The molecule has 21 heavy (non-hydrogen) atoms. The minimum Gasteiger partial charge on any atom is -0.482 e. The van der Waals surface area contributed by atoms with Crippen LogP contribution in [0.5, 0.6) is 5.75 Å². The van der Waals surface area contributed by atoms with Crippen LogP contribution in [-0.2, 0) is 6.18 Å². The minimum absolute atomic E-state index is 0. The quantitative estimate of drug-likeness (QED) is 0.684. The zero-order valence-corrected chi connectivity index (χ0v) is 11.7. The number of nitro benzene ring substituents is 1. The van der Waals surface area contributed by atoms with Crippen molar-refractivity contribution in [2.24, 2.45) is 0 Å². The lowest BCUT2D eigenvalue weighted by molar-refractivity contribution is -0.386. The maximum absolute atomic E-state index is 12.5. The molecule has 5 nitrogen and oxygen atoms in total. The van der Waals surface area contributed by atoms with Crippen molar-refractivity contribution in [3.05, 3.63) is 33.9 Å². The molecule has 1 aliphatic rings. The molecule has 9 heteroatoms. The summed E-state index contributed by atoms with van der Waals surface area (Å²) in [4.78, 5) is 10.0. The summed E-state index contributed by atoms with van der Waals surface area (Å²) in [5.41, 5.74) is -1.72. The van der Waals surface area contributed by atoms with Crippen LogP contribution in [0.25, 0.3) is 0 Å². The van der Waals surface area contributed by atoms with Crippen molar-refractivity contribution in [2.45, 2.75) is 25.1 Å². The van der Waals surface area contributed by atoms with Crippen LogP contribution in [0.15, 0.2) is 18.2 Å². The van der Waals surface area contributed by atoms with Gasteiger partial charge in [0.25, 0.3) is 0 Å². The van der Waals surface area contributed by atoms with Crippen LogP contribution in [0.2, 0.25) is 0 Å². The first-order chi connectivity index (χ1) is 9.38. The van der Waals surface area contributed by atoms with E-state index in [1.807, 2.05) is 0 Å². The van der Waals surface area contributed by atoms with Gasteiger partial charge in [0.05, 0.1) is 10.5 Å². The third-order valence-corrected chi connectivity index (χ3v) is 3.03.